The van der Waals surface area contributed by atoms with Gasteiger partial charge in [-0.25, -0.2) is 4.79 Å². The molecule has 0 bridgehead atoms. The van der Waals surface area contributed by atoms with Crippen molar-refractivity contribution in [3.05, 3.63) is 94.0 Å². The molecule has 1 fully saturated rings. The number of amides is 3. The molecule has 1 aliphatic heterocycles. The van der Waals surface area contributed by atoms with Crippen LogP contribution in [0.15, 0.2) is 72.8 Å². The molecule has 1 N–H and O–H groups in total. The maximum atomic E-state index is 13.1. The molecule has 1 heterocycles. The van der Waals surface area contributed by atoms with Crippen molar-refractivity contribution in [1.82, 2.24) is 4.90 Å². The average molecular weight is 454 g/mol. The SMILES string of the molecule is O=C(Nc1cccc(N2CCCN(Cc3cccc(Cl)c3)C2=O)c1)c1ccccc1Cl. The van der Waals surface area contributed by atoms with Crippen LogP contribution in [0.25, 0.3) is 0 Å². The lowest BCUT2D eigenvalue weighted by atomic mass is 10.1. The Kier molecular flexibility index (Phi) is 6.44. The van der Waals surface area contributed by atoms with Gasteiger partial charge in [-0.1, -0.05) is 53.5 Å². The first kappa shape index (κ1) is 21.2. The molecule has 3 aromatic carbocycles. The molecule has 0 saturated carbocycles. The van der Waals surface area contributed by atoms with Gasteiger partial charge < -0.3 is 10.2 Å². The molecular weight excluding hydrogens is 433 g/mol. The van der Waals surface area contributed by atoms with Crippen LogP contribution in [0.4, 0.5) is 16.2 Å². The van der Waals surface area contributed by atoms with Crippen molar-refractivity contribution in [1.29, 1.82) is 0 Å². The van der Waals surface area contributed by atoms with Gasteiger partial charge in [-0.15, -0.1) is 0 Å². The highest BCUT2D eigenvalue weighted by Crippen LogP contribution is 2.25. The molecule has 1 saturated heterocycles. The molecule has 7 heteroatoms. The van der Waals surface area contributed by atoms with Crippen LogP contribution in [0.5, 0.6) is 0 Å². The highest BCUT2D eigenvalue weighted by molar-refractivity contribution is 6.34. The van der Waals surface area contributed by atoms with E-state index in [-0.39, 0.29) is 11.9 Å². The van der Waals surface area contributed by atoms with Gasteiger partial charge in [0.25, 0.3) is 5.91 Å². The third kappa shape index (κ3) is 5.01. The van der Waals surface area contributed by atoms with E-state index in [1.54, 1.807) is 41.3 Å². The molecule has 158 valence electrons. The first-order chi connectivity index (χ1) is 15.0. The van der Waals surface area contributed by atoms with Gasteiger partial charge in [0.1, 0.15) is 0 Å². The number of carbonyl (C=O) groups is 2. The average Bonchev–Trinajstić information content (AvgIpc) is 2.76. The molecular formula is C24H21Cl2N3O2. The summed E-state index contributed by atoms with van der Waals surface area (Å²) in [6.45, 7) is 1.80. The summed E-state index contributed by atoms with van der Waals surface area (Å²) in [5.41, 5.74) is 2.72. The van der Waals surface area contributed by atoms with E-state index >= 15 is 0 Å². The van der Waals surface area contributed by atoms with Crippen LogP contribution >= 0.6 is 23.2 Å². The molecule has 0 atom stereocenters. The molecule has 0 aromatic heterocycles. The molecule has 0 spiro atoms. The minimum Gasteiger partial charge on any atom is -0.322 e. The largest absolute Gasteiger partial charge is 0.324 e. The number of halogens is 2. The molecule has 4 rings (SSSR count). The molecule has 3 aromatic rings. The number of hydrogen-bond acceptors (Lipinski definition) is 2. The Morgan fingerprint density at radius 3 is 2.55 bits per heavy atom. The Morgan fingerprint density at radius 2 is 1.74 bits per heavy atom. The number of anilines is 2. The van der Waals surface area contributed by atoms with Gasteiger partial charge in [-0.05, 0) is 54.4 Å². The van der Waals surface area contributed by atoms with Gasteiger partial charge in [0, 0.05) is 36.0 Å². The van der Waals surface area contributed by atoms with Crippen LogP contribution in [0.2, 0.25) is 10.0 Å². The fourth-order valence-corrected chi connectivity index (χ4v) is 4.05. The predicted octanol–water partition coefficient (Wildman–Crippen LogP) is 6.08. The van der Waals surface area contributed by atoms with E-state index in [9.17, 15) is 9.59 Å². The number of rotatable bonds is 5. The minimum atomic E-state index is -0.296. The summed E-state index contributed by atoms with van der Waals surface area (Å²) in [7, 11) is 0. The molecule has 0 radical (unpaired) electrons. The Morgan fingerprint density at radius 1 is 0.935 bits per heavy atom. The third-order valence-electron chi connectivity index (χ3n) is 5.11. The highest BCUT2D eigenvalue weighted by atomic mass is 35.5. The van der Waals surface area contributed by atoms with E-state index in [1.807, 2.05) is 41.3 Å². The van der Waals surface area contributed by atoms with Crippen LogP contribution in [-0.4, -0.2) is 29.9 Å². The van der Waals surface area contributed by atoms with E-state index in [0.29, 0.717) is 40.9 Å². The molecule has 3 amide bonds. The second kappa shape index (κ2) is 9.41. The second-order valence-corrected chi connectivity index (χ2v) is 8.17. The van der Waals surface area contributed by atoms with E-state index in [2.05, 4.69) is 5.32 Å². The summed E-state index contributed by atoms with van der Waals surface area (Å²) in [6, 6.07) is 21.6. The van der Waals surface area contributed by atoms with Gasteiger partial charge in [0.2, 0.25) is 0 Å². The second-order valence-electron chi connectivity index (χ2n) is 7.32. The Bertz CT molecular complexity index is 1120. The van der Waals surface area contributed by atoms with Crippen molar-refractivity contribution in [2.45, 2.75) is 13.0 Å². The zero-order valence-electron chi connectivity index (χ0n) is 16.7. The lowest BCUT2D eigenvalue weighted by molar-refractivity contribution is 0.102. The fraction of sp³-hybridized carbons (Fsp3) is 0.167. The van der Waals surface area contributed by atoms with E-state index in [0.717, 1.165) is 17.7 Å². The van der Waals surface area contributed by atoms with Gasteiger partial charge in [0.05, 0.1) is 10.6 Å². The summed E-state index contributed by atoms with van der Waals surface area (Å²) >= 11 is 12.2. The van der Waals surface area contributed by atoms with Crippen molar-refractivity contribution in [2.75, 3.05) is 23.3 Å². The van der Waals surface area contributed by atoms with Gasteiger partial charge in [-0.3, -0.25) is 9.69 Å². The fourth-order valence-electron chi connectivity index (χ4n) is 3.62. The van der Waals surface area contributed by atoms with Crippen LogP contribution in [0, 0.1) is 0 Å². The Balaban J connectivity index is 1.49. The highest BCUT2D eigenvalue weighted by Gasteiger charge is 2.27. The number of hydrogen-bond donors (Lipinski definition) is 1. The van der Waals surface area contributed by atoms with Crippen molar-refractivity contribution >= 4 is 46.5 Å². The summed E-state index contributed by atoms with van der Waals surface area (Å²) < 4.78 is 0. The zero-order chi connectivity index (χ0) is 21.8. The normalized spacial score (nSPS) is 13.9. The molecule has 0 aliphatic carbocycles. The van der Waals surface area contributed by atoms with Crippen molar-refractivity contribution < 1.29 is 9.59 Å². The maximum Gasteiger partial charge on any atom is 0.324 e. The predicted molar refractivity (Wildman–Crippen MR) is 125 cm³/mol. The summed E-state index contributed by atoms with van der Waals surface area (Å²) in [4.78, 5) is 29.2. The number of urea groups is 1. The number of nitrogens with zero attached hydrogens (tertiary/aromatic N) is 2. The van der Waals surface area contributed by atoms with Gasteiger partial charge >= 0.3 is 6.03 Å². The standard InChI is InChI=1S/C24H21Cl2N3O2/c25-18-7-3-6-17(14-18)16-28-12-5-13-29(24(28)31)20-9-4-8-19(15-20)27-23(30)21-10-1-2-11-22(21)26/h1-4,6-11,14-15H,5,12-13,16H2,(H,27,30). The quantitative estimate of drug-likeness (QED) is 0.508. The number of benzene rings is 3. The molecule has 5 nitrogen and oxygen atoms in total. The summed E-state index contributed by atoms with van der Waals surface area (Å²) in [6.07, 6.45) is 0.850. The lowest BCUT2D eigenvalue weighted by Crippen LogP contribution is -2.49. The topological polar surface area (TPSA) is 52.7 Å². The lowest BCUT2D eigenvalue weighted by Gasteiger charge is -2.36. The first-order valence-corrected chi connectivity index (χ1v) is 10.7. The first-order valence-electron chi connectivity index (χ1n) is 9.98. The van der Waals surface area contributed by atoms with Gasteiger partial charge in [-0.2, -0.15) is 0 Å². The van der Waals surface area contributed by atoms with Gasteiger partial charge in [0.15, 0.2) is 0 Å². The molecule has 0 unspecified atom stereocenters. The smallest absolute Gasteiger partial charge is 0.322 e. The van der Waals surface area contributed by atoms with E-state index in [4.69, 9.17) is 23.2 Å². The van der Waals surface area contributed by atoms with Crippen molar-refractivity contribution in [2.24, 2.45) is 0 Å². The summed E-state index contributed by atoms with van der Waals surface area (Å²) in [5.74, 6) is -0.296. The van der Waals surface area contributed by atoms with Crippen LogP contribution in [-0.2, 0) is 6.54 Å². The van der Waals surface area contributed by atoms with Crippen LogP contribution < -0.4 is 10.2 Å². The minimum absolute atomic E-state index is 0.0687. The summed E-state index contributed by atoms with van der Waals surface area (Å²) in [5, 5.41) is 3.90. The molecule has 1 aliphatic rings. The third-order valence-corrected chi connectivity index (χ3v) is 5.67. The zero-order valence-corrected chi connectivity index (χ0v) is 18.2. The van der Waals surface area contributed by atoms with Crippen molar-refractivity contribution in [3.63, 3.8) is 0 Å². The Hall–Kier alpha value is -3.02. The van der Waals surface area contributed by atoms with Crippen molar-refractivity contribution in [3.8, 4) is 0 Å². The monoisotopic (exact) mass is 453 g/mol. The maximum absolute atomic E-state index is 13.1. The van der Waals surface area contributed by atoms with E-state index < -0.39 is 0 Å². The Labute approximate surface area is 191 Å². The van der Waals surface area contributed by atoms with Crippen LogP contribution in [0.3, 0.4) is 0 Å². The molecule has 31 heavy (non-hydrogen) atoms. The van der Waals surface area contributed by atoms with E-state index in [1.165, 1.54) is 0 Å². The van der Waals surface area contributed by atoms with Crippen LogP contribution in [0.1, 0.15) is 22.3 Å². The number of carbonyl (C=O) groups excluding carboxylic acids is 2. The number of nitrogens with one attached hydrogen (secondary N) is 1.